The monoisotopic (exact) mass is 240 g/mol. The molecule has 0 unspecified atom stereocenters. The van der Waals surface area contributed by atoms with Crippen LogP contribution >= 0.6 is 0 Å². The van der Waals surface area contributed by atoms with Crippen LogP contribution in [-0.4, -0.2) is 42.0 Å². The van der Waals surface area contributed by atoms with Gasteiger partial charge in [-0.3, -0.25) is 0 Å². The van der Waals surface area contributed by atoms with E-state index in [-0.39, 0.29) is 6.03 Å². The van der Waals surface area contributed by atoms with Crippen LogP contribution in [-0.2, 0) is 0 Å². The Hall–Kier alpha value is -0.730. The quantitative estimate of drug-likeness (QED) is 0.638. The zero-order valence-corrected chi connectivity index (χ0v) is 12.1. The third kappa shape index (κ3) is 3.62. The van der Waals surface area contributed by atoms with Crippen LogP contribution in [0.5, 0.6) is 0 Å². The van der Waals surface area contributed by atoms with Crippen LogP contribution in [0, 0.1) is 11.3 Å². The molecule has 0 aromatic heterocycles. The average molecular weight is 240 g/mol. The zero-order valence-electron chi connectivity index (χ0n) is 12.1. The van der Waals surface area contributed by atoms with E-state index in [1.165, 1.54) is 12.8 Å². The van der Waals surface area contributed by atoms with Gasteiger partial charge < -0.3 is 9.80 Å². The Morgan fingerprint density at radius 1 is 1.06 bits per heavy atom. The second kappa shape index (κ2) is 5.74. The number of nitrogens with zero attached hydrogens (tertiary/aromatic N) is 2. The summed E-state index contributed by atoms with van der Waals surface area (Å²) in [4.78, 5) is 16.0. The molecule has 0 spiro atoms. The van der Waals surface area contributed by atoms with E-state index in [2.05, 4.69) is 20.8 Å². The molecule has 0 atom stereocenters. The maximum absolute atomic E-state index is 12.0. The molecule has 3 heteroatoms. The first-order valence-electron chi connectivity index (χ1n) is 7.02. The van der Waals surface area contributed by atoms with Gasteiger partial charge in [0.1, 0.15) is 0 Å². The molecule has 17 heavy (non-hydrogen) atoms. The van der Waals surface area contributed by atoms with Crippen LogP contribution < -0.4 is 0 Å². The molecule has 2 saturated heterocycles. The normalized spacial score (nSPS) is 23.6. The van der Waals surface area contributed by atoms with Gasteiger partial charge in [-0.15, -0.1) is 0 Å². The maximum Gasteiger partial charge on any atom is 0.320 e. The molecular weight excluding hydrogens is 212 g/mol. The molecule has 0 saturated carbocycles. The third-order valence-electron chi connectivity index (χ3n) is 3.56. The first-order valence-corrected chi connectivity index (χ1v) is 7.02. The smallest absolute Gasteiger partial charge is 0.320 e. The highest BCUT2D eigenvalue weighted by atomic mass is 16.2. The van der Waals surface area contributed by atoms with Gasteiger partial charge in [-0.1, -0.05) is 34.6 Å². The summed E-state index contributed by atoms with van der Waals surface area (Å²) in [6.45, 7) is 14.5. The average Bonchev–Trinajstić information content (AvgIpc) is 2.28. The fourth-order valence-corrected chi connectivity index (χ4v) is 2.52. The Balaban J connectivity index is 0.000000686. The summed E-state index contributed by atoms with van der Waals surface area (Å²) in [7, 11) is 0. The topological polar surface area (TPSA) is 23.6 Å². The molecule has 0 N–H and O–H groups in total. The van der Waals surface area contributed by atoms with Crippen molar-refractivity contribution >= 4 is 6.03 Å². The molecule has 0 aromatic carbocycles. The van der Waals surface area contributed by atoms with Crippen LogP contribution in [0.2, 0.25) is 0 Å². The van der Waals surface area contributed by atoms with Gasteiger partial charge in [-0.2, -0.15) is 0 Å². The van der Waals surface area contributed by atoms with Crippen molar-refractivity contribution in [1.82, 2.24) is 9.80 Å². The fourth-order valence-electron chi connectivity index (χ4n) is 2.52. The van der Waals surface area contributed by atoms with E-state index in [1.54, 1.807) is 0 Å². The molecule has 0 aromatic rings. The lowest BCUT2D eigenvalue weighted by atomic mass is 9.85. The van der Waals surface area contributed by atoms with Crippen molar-refractivity contribution in [3.63, 3.8) is 0 Å². The van der Waals surface area contributed by atoms with Crippen molar-refractivity contribution < 1.29 is 4.79 Å². The summed E-state index contributed by atoms with van der Waals surface area (Å²) < 4.78 is 0. The minimum Gasteiger partial charge on any atom is -0.325 e. The lowest BCUT2D eigenvalue weighted by molar-refractivity contribution is 0.0374. The number of rotatable bonds is 0. The van der Waals surface area contributed by atoms with E-state index in [0.717, 1.165) is 32.1 Å². The fraction of sp³-hybridized carbons (Fsp3) is 0.929. The molecule has 2 aliphatic heterocycles. The van der Waals surface area contributed by atoms with E-state index in [4.69, 9.17) is 0 Å². The molecular formula is C14H28N2O. The van der Waals surface area contributed by atoms with Crippen molar-refractivity contribution in [3.8, 4) is 0 Å². The standard InChI is InChI=1S/C12H22N2O.C2H6/c1-10-4-6-13(7-5-10)11(15)14-8-12(2,3)9-14;1-2/h10H,4-9H2,1-3H3;1-2H3. The summed E-state index contributed by atoms with van der Waals surface area (Å²) in [5.74, 6) is 0.793. The summed E-state index contributed by atoms with van der Waals surface area (Å²) in [5, 5.41) is 0. The largest absolute Gasteiger partial charge is 0.325 e. The van der Waals surface area contributed by atoms with E-state index < -0.39 is 0 Å². The van der Waals surface area contributed by atoms with Gasteiger partial charge in [0.05, 0.1) is 0 Å². The Morgan fingerprint density at radius 2 is 1.53 bits per heavy atom. The van der Waals surface area contributed by atoms with Crippen LogP contribution in [0.1, 0.15) is 47.5 Å². The SMILES string of the molecule is CC.CC1CCN(C(=O)N2CC(C)(C)C2)CC1. The first-order chi connectivity index (χ1) is 7.98. The molecule has 2 fully saturated rings. The maximum atomic E-state index is 12.0. The minimum absolute atomic E-state index is 0.265. The predicted molar refractivity (Wildman–Crippen MR) is 72.1 cm³/mol. The number of piperidine rings is 1. The van der Waals surface area contributed by atoms with Crippen molar-refractivity contribution in [3.05, 3.63) is 0 Å². The predicted octanol–water partition coefficient (Wildman–Crippen LogP) is 3.21. The van der Waals surface area contributed by atoms with Gasteiger partial charge in [0.25, 0.3) is 0 Å². The van der Waals surface area contributed by atoms with Crippen LogP contribution in [0.25, 0.3) is 0 Å². The Morgan fingerprint density at radius 3 is 1.94 bits per heavy atom. The first kappa shape index (κ1) is 14.3. The van der Waals surface area contributed by atoms with E-state index in [1.807, 2.05) is 23.6 Å². The Bertz CT molecular complexity index is 247. The van der Waals surface area contributed by atoms with Crippen LogP contribution in [0.4, 0.5) is 4.79 Å². The second-order valence-electron chi connectivity index (χ2n) is 5.97. The molecule has 2 heterocycles. The minimum atomic E-state index is 0.265. The number of carbonyl (C=O) groups excluding carboxylic acids is 1. The number of hydrogen-bond acceptors (Lipinski definition) is 1. The lowest BCUT2D eigenvalue weighted by Crippen LogP contribution is -2.59. The Kier molecular flexibility index (Phi) is 4.84. The van der Waals surface area contributed by atoms with Gasteiger partial charge in [-0.05, 0) is 18.8 Å². The number of carbonyl (C=O) groups is 1. The van der Waals surface area contributed by atoms with Crippen molar-refractivity contribution in [2.24, 2.45) is 11.3 Å². The van der Waals surface area contributed by atoms with Gasteiger partial charge in [0, 0.05) is 31.6 Å². The molecule has 2 amide bonds. The molecule has 100 valence electrons. The molecule has 2 rings (SSSR count). The Labute approximate surface area is 106 Å². The zero-order chi connectivity index (χ0) is 13.1. The number of amides is 2. The number of likely N-dealkylation sites (tertiary alicyclic amines) is 2. The highest BCUT2D eigenvalue weighted by Gasteiger charge is 2.39. The van der Waals surface area contributed by atoms with Gasteiger partial charge in [0.15, 0.2) is 0 Å². The summed E-state index contributed by atoms with van der Waals surface area (Å²) >= 11 is 0. The second-order valence-corrected chi connectivity index (χ2v) is 5.97. The van der Waals surface area contributed by atoms with Gasteiger partial charge >= 0.3 is 6.03 Å². The van der Waals surface area contributed by atoms with Crippen molar-refractivity contribution in [2.45, 2.75) is 47.5 Å². The summed E-state index contributed by atoms with van der Waals surface area (Å²) in [5.41, 5.74) is 0.346. The van der Waals surface area contributed by atoms with Crippen LogP contribution in [0.3, 0.4) is 0 Å². The van der Waals surface area contributed by atoms with Gasteiger partial charge in [0.2, 0.25) is 0 Å². The van der Waals surface area contributed by atoms with E-state index >= 15 is 0 Å². The molecule has 0 aliphatic carbocycles. The van der Waals surface area contributed by atoms with Crippen molar-refractivity contribution in [2.75, 3.05) is 26.2 Å². The number of urea groups is 1. The molecule has 2 aliphatic rings. The van der Waals surface area contributed by atoms with E-state index in [0.29, 0.717) is 5.41 Å². The highest BCUT2D eigenvalue weighted by Crippen LogP contribution is 2.30. The highest BCUT2D eigenvalue weighted by molar-refractivity contribution is 5.75. The molecule has 0 radical (unpaired) electrons. The van der Waals surface area contributed by atoms with Gasteiger partial charge in [-0.25, -0.2) is 4.79 Å². The van der Waals surface area contributed by atoms with E-state index in [9.17, 15) is 4.79 Å². The lowest BCUT2D eigenvalue weighted by Gasteiger charge is -2.48. The van der Waals surface area contributed by atoms with Crippen molar-refractivity contribution in [1.29, 1.82) is 0 Å². The van der Waals surface area contributed by atoms with Crippen LogP contribution in [0.15, 0.2) is 0 Å². The summed E-state index contributed by atoms with van der Waals surface area (Å²) in [6.07, 6.45) is 2.34. The summed E-state index contributed by atoms with van der Waals surface area (Å²) in [6, 6.07) is 0.265. The molecule has 3 nitrogen and oxygen atoms in total. The molecule has 0 bridgehead atoms. The number of hydrogen-bond donors (Lipinski definition) is 0. The third-order valence-corrected chi connectivity index (χ3v) is 3.56.